The average molecular weight is 293 g/mol. The topological polar surface area (TPSA) is 96.5 Å². The number of carbonyl (C=O) groups is 2. The van der Waals surface area contributed by atoms with E-state index < -0.39 is 6.04 Å². The van der Waals surface area contributed by atoms with E-state index >= 15 is 0 Å². The minimum absolute atomic E-state index is 0.0852. The van der Waals surface area contributed by atoms with Crippen molar-refractivity contribution in [3.05, 3.63) is 11.9 Å². The monoisotopic (exact) mass is 293 g/mol. The summed E-state index contributed by atoms with van der Waals surface area (Å²) in [4.78, 5) is 33.7. The molecule has 2 heterocycles. The Morgan fingerprint density at radius 1 is 1.48 bits per heavy atom. The number of ether oxygens (including phenoxy) is 1. The van der Waals surface area contributed by atoms with E-state index in [1.165, 1.54) is 0 Å². The second-order valence-electron chi connectivity index (χ2n) is 4.71. The number of imide groups is 1. The van der Waals surface area contributed by atoms with E-state index in [0.717, 1.165) is 0 Å². The van der Waals surface area contributed by atoms with E-state index in [4.69, 9.17) is 4.74 Å². The van der Waals surface area contributed by atoms with E-state index in [1.54, 1.807) is 25.0 Å². The van der Waals surface area contributed by atoms with Crippen LogP contribution < -0.4 is 15.5 Å². The molecule has 1 atom stereocenters. The third kappa shape index (κ3) is 3.46. The van der Waals surface area contributed by atoms with Gasteiger partial charge < -0.3 is 15.0 Å². The number of amides is 2. The fourth-order valence-corrected chi connectivity index (χ4v) is 2.09. The average Bonchev–Trinajstić information content (AvgIpc) is 2.43. The fourth-order valence-electron chi connectivity index (χ4n) is 2.09. The number of hydrogen-bond donors (Lipinski definition) is 2. The Bertz CT molecular complexity index is 524. The van der Waals surface area contributed by atoms with Crippen LogP contribution in [0.4, 0.5) is 11.6 Å². The fraction of sp³-hybridized carbons (Fsp3) is 0.538. The smallest absolute Gasteiger partial charge is 0.249 e. The van der Waals surface area contributed by atoms with Gasteiger partial charge in [0.25, 0.3) is 0 Å². The lowest BCUT2D eigenvalue weighted by Crippen LogP contribution is -2.57. The molecule has 21 heavy (non-hydrogen) atoms. The number of hydrogen-bond acceptors (Lipinski definition) is 7. The summed E-state index contributed by atoms with van der Waals surface area (Å²) in [5.74, 6) is 0.999. The molecule has 0 bridgehead atoms. The van der Waals surface area contributed by atoms with Crippen LogP contribution in [0, 0.1) is 0 Å². The lowest BCUT2D eigenvalue weighted by Gasteiger charge is -2.32. The second-order valence-corrected chi connectivity index (χ2v) is 4.71. The summed E-state index contributed by atoms with van der Waals surface area (Å²) in [6.45, 7) is 4.74. The lowest BCUT2D eigenvalue weighted by atomic mass is 10.2. The maximum absolute atomic E-state index is 11.8. The highest BCUT2D eigenvalue weighted by Crippen LogP contribution is 2.20. The molecule has 114 valence electrons. The predicted octanol–water partition coefficient (Wildman–Crippen LogP) is -0.0939. The van der Waals surface area contributed by atoms with Gasteiger partial charge in [0.2, 0.25) is 11.8 Å². The van der Waals surface area contributed by atoms with Gasteiger partial charge in [0.05, 0.1) is 6.54 Å². The van der Waals surface area contributed by atoms with Crippen LogP contribution in [0.25, 0.3) is 0 Å². The Hall–Kier alpha value is -2.22. The van der Waals surface area contributed by atoms with Gasteiger partial charge in [-0.05, 0) is 13.8 Å². The molecule has 0 aliphatic carbocycles. The van der Waals surface area contributed by atoms with E-state index in [1.807, 2.05) is 6.92 Å². The van der Waals surface area contributed by atoms with Gasteiger partial charge >= 0.3 is 0 Å². The van der Waals surface area contributed by atoms with E-state index in [-0.39, 0.29) is 25.0 Å². The summed E-state index contributed by atoms with van der Waals surface area (Å²) >= 11 is 0. The van der Waals surface area contributed by atoms with Gasteiger partial charge in [0.1, 0.15) is 24.3 Å². The molecule has 0 radical (unpaired) electrons. The van der Waals surface area contributed by atoms with Crippen LogP contribution in [0.2, 0.25) is 0 Å². The first kappa shape index (κ1) is 15.2. The molecule has 1 aromatic rings. The van der Waals surface area contributed by atoms with Gasteiger partial charge in [-0.15, -0.1) is 0 Å². The number of piperazine rings is 1. The molecule has 0 spiro atoms. The third-order valence-electron chi connectivity index (χ3n) is 3.11. The van der Waals surface area contributed by atoms with Crippen LogP contribution in [0.5, 0.6) is 0 Å². The van der Waals surface area contributed by atoms with Crippen molar-refractivity contribution in [2.24, 2.45) is 0 Å². The third-order valence-corrected chi connectivity index (χ3v) is 3.11. The van der Waals surface area contributed by atoms with E-state index in [0.29, 0.717) is 24.0 Å². The molecule has 8 nitrogen and oxygen atoms in total. The largest absolute Gasteiger partial charge is 0.377 e. The van der Waals surface area contributed by atoms with Gasteiger partial charge in [-0.25, -0.2) is 9.97 Å². The SMILES string of the molecule is CCNc1cc(N2CC(=O)NC(=O)C2C)nc(COC)n1. The van der Waals surface area contributed by atoms with Gasteiger partial charge in [0, 0.05) is 19.7 Å². The van der Waals surface area contributed by atoms with Crippen molar-refractivity contribution in [3.63, 3.8) is 0 Å². The molecular weight excluding hydrogens is 274 g/mol. The first-order chi connectivity index (χ1) is 10.0. The Balaban J connectivity index is 2.36. The van der Waals surface area contributed by atoms with Crippen LogP contribution in [-0.4, -0.2) is 48.0 Å². The van der Waals surface area contributed by atoms with Crippen LogP contribution >= 0.6 is 0 Å². The minimum atomic E-state index is -0.470. The zero-order valence-electron chi connectivity index (χ0n) is 12.3. The molecule has 1 aliphatic heterocycles. The number of methoxy groups -OCH3 is 1. The molecule has 1 saturated heterocycles. The summed E-state index contributed by atoms with van der Waals surface area (Å²) in [5, 5.41) is 5.41. The normalized spacial score (nSPS) is 18.6. The molecule has 0 saturated carbocycles. The van der Waals surface area contributed by atoms with E-state index in [9.17, 15) is 9.59 Å². The zero-order valence-corrected chi connectivity index (χ0v) is 12.3. The van der Waals surface area contributed by atoms with Crippen molar-refractivity contribution in [2.45, 2.75) is 26.5 Å². The number of carbonyl (C=O) groups excluding carboxylic acids is 2. The maximum atomic E-state index is 11.8. The number of nitrogens with zero attached hydrogens (tertiary/aromatic N) is 3. The molecular formula is C13H19N5O3. The number of aromatic nitrogens is 2. The summed E-state index contributed by atoms with van der Waals surface area (Å²) < 4.78 is 5.05. The van der Waals surface area contributed by atoms with E-state index in [2.05, 4.69) is 20.6 Å². The van der Waals surface area contributed by atoms with Gasteiger partial charge in [-0.1, -0.05) is 0 Å². The molecule has 8 heteroatoms. The predicted molar refractivity (Wildman–Crippen MR) is 76.9 cm³/mol. The summed E-state index contributed by atoms with van der Waals surface area (Å²) in [6, 6.07) is 1.26. The van der Waals surface area contributed by atoms with Crippen molar-refractivity contribution in [3.8, 4) is 0 Å². The van der Waals surface area contributed by atoms with Crippen LogP contribution in [0.3, 0.4) is 0 Å². The Morgan fingerprint density at radius 3 is 2.90 bits per heavy atom. The highest BCUT2D eigenvalue weighted by molar-refractivity contribution is 6.04. The molecule has 2 rings (SSSR count). The lowest BCUT2D eigenvalue weighted by molar-refractivity contribution is -0.132. The highest BCUT2D eigenvalue weighted by Gasteiger charge is 2.31. The van der Waals surface area contributed by atoms with Gasteiger partial charge in [-0.3, -0.25) is 14.9 Å². The molecule has 1 unspecified atom stereocenters. The first-order valence-electron chi connectivity index (χ1n) is 6.76. The number of anilines is 2. The molecule has 1 fully saturated rings. The number of nitrogens with one attached hydrogen (secondary N) is 2. The van der Waals surface area contributed by atoms with Crippen molar-refractivity contribution in [1.29, 1.82) is 0 Å². The number of rotatable bonds is 5. The van der Waals surface area contributed by atoms with Crippen molar-refractivity contribution in [1.82, 2.24) is 15.3 Å². The molecule has 1 aromatic heterocycles. The van der Waals surface area contributed by atoms with Crippen LogP contribution in [0.1, 0.15) is 19.7 Å². The second kappa shape index (κ2) is 6.49. The molecule has 2 amide bonds. The summed E-state index contributed by atoms with van der Waals surface area (Å²) in [7, 11) is 1.56. The maximum Gasteiger partial charge on any atom is 0.249 e. The molecule has 0 aromatic carbocycles. The van der Waals surface area contributed by atoms with Crippen molar-refractivity contribution < 1.29 is 14.3 Å². The van der Waals surface area contributed by atoms with Gasteiger partial charge in [0.15, 0.2) is 5.82 Å². The summed E-state index contributed by atoms with van der Waals surface area (Å²) in [6.07, 6.45) is 0. The van der Waals surface area contributed by atoms with Crippen LogP contribution in [-0.2, 0) is 20.9 Å². The summed E-state index contributed by atoms with van der Waals surface area (Å²) in [5.41, 5.74) is 0. The Morgan fingerprint density at radius 2 is 2.24 bits per heavy atom. The molecule has 1 aliphatic rings. The molecule has 2 N–H and O–H groups in total. The van der Waals surface area contributed by atoms with Gasteiger partial charge in [-0.2, -0.15) is 0 Å². The Kier molecular flexibility index (Phi) is 4.69. The zero-order chi connectivity index (χ0) is 15.4. The standard InChI is InChI=1S/C13H19N5O3/c1-4-14-9-5-11(16-10(15-9)7-21-3)18-6-12(19)17-13(20)8(18)2/h5,8H,4,6-7H2,1-3H3,(H,14,15,16)(H,17,19,20). The minimum Gasteiger partial charge on any atom is -0.377 e. The quantitative estimate of drug-likeness (QED) is 0.732. The first-order valence-corrected chi connectivity index (χ1v) is 6.76. The van der Waals surface area contributed by atoms with Crippen molar-refractivity contribution >= 4 is 23.5 Å². The van der Waals surface area contributed by atoms with Crippen molar-refractivity contribution in [2.75, 3.05) is 30.4 Å². The Labute approximate surface area is 122 Å². The van der Waals surface area contributed by atoms with Crippen LogP contribution in [0.15, 0.2) is 6.07 Å². The highest BCUT2D eigenvalue weighted by atomic mass is 16.5.